The Labute approximate surface area is 199 Å². The van der Waals surface area contributed by atoms with Crippen molar-refractivity contribution in [1.29, 1.82) is 0 Å². The third-order valence-corrected chi connectivity index (χ3v) is 7.53. The Kier molecular flexibility index (Phi) is 6.63. The number of amides is 1. The van der Waals surface area contributed by atoms with Gasteiger partial charge in [-0.15, -0.1) is 0 Å². The van der Waals surface area contributed by atoms with Crippen LogP contribution in [0.25, 0.3) is 0 Å². The van der Waals surface area contributed by atoms with Gasteiger partial charge in [0.25, 0.3) is 15.9 Å². The summed E-state index contributed by atoms with van der Waals surface area (Å²) in [5.74, 6) is -0.174. The number of piperazine rings is 1. The molecule has 1 heterocycles. The van der Waals surface area contributed by atoms with Crippen LogP contribution in [-0.4, -0.2) is 45.4 Å². The molecule has 0 atom stereocenters. The molecule has 8 heteroatoms. The van der Waals surface area contributed by atoms with Gasteiger partial charge < -0.3 is 9.80 Å². The van der Waals surface area contributed by atoms with E-state index >= 15 is 0 Å². The van der Waals surface area contributed by atoms with Crippen LogP contribution < -0.4 is 9.62 Å². The normalized spacial score (nSPS) is 14.3. The smallest absolute Gasteiger partial charge is 0.262 e. The minimum atomic E-state index is -3.83. The number of sulfonamides is 1. The second-order valence-electron chi connectivity index (χ2n) is 8.21. The van der Waals surface area contributed by atoms with Crippen LogP contribution in [0.5, 0.6) is 0 Å². The number of hydrogen-bond acceptors (Lipinski definition) is 4. The van der Waals surface area contributed by atoms with Crippen molar-refractivity contribution in [2.75, 3.05) is 35.8 Å². The van der Waals surface area contributed by atoms with Gasteiger partial charge in [0, 0.05) is 48.1 Å². The molecule has 0 unspecified atom stereocenters. The molecule has 0 aromatic heterocycles. The van der Waals surface area contributed by atoms with Gasteiger partial charge in [0.2, 0.25) is 0 Å². The van der Waals surface area contributed by atoms with Gasteiger partial charge in [0.1, 0.15) is 0 Å². The van der Waals surface area contributed by atoms with Crippen molar-refractivity contribution in [3.05, 3.63) is 88.4 Å². The van der Waals surface area contributed by atoms with E-state index in [1.54, 1.807) is 36.1 Å². The summed E-state index contributed by atoms with van der Waals surface area (Å²) in [5.41, 5.74) is 3.49. The average molecular weight is 484 g/mol. The molecule has 172 valence electrons. The predicted octanol–water partition coefficient (Wildman–Crippen LogP) is 4.72. The monoisotopic (exact) mass is 483 g/mol. The Balaban J connectivity index is 1.49. The maximum Gasteiger partial charge on any atom is 0.262 e. The van der Waals surface area contributed by atoms with E-state index in [2.05, 4.69) is 9.62 Å². The summed E-state index contributed by atoms with van der Waals surface area (Å²) < 4.78 is 28.7. The molecule has 0 saturated carbocycles. The lowest BCUT2D eigenvalue weighted by Crippen LogP contribution is -2.48. The fraction of sp³-hybridized carbons (Fsp3) is 0.240. The fourth-order valence-electron chi connectivity index (χ4n) is 3.88. The number of hydrogen-bond donors (Lipinski definition) is 1. The molecule has 0 radical (unpaired) electrons. The minimum Gasteiger partial charge on any atom is -0.368 e. The number of halogens is 1. The molecule has 3 aromatic rings. The lowest BCUT2D eigenvalue weighted by Gasteiger charge is -2.36. The van der Waals surface area contributed by atoms with Gasteiger partial charge in [-0.05, 0) is 61.9 Å². The van der Waals surface area contributed by atoms with Crippen LogP contribution in [0.3, 0.4) is 0 Å². The Morgan fingerprint density at radius 3 is 2.27 bits per heavy atom. The van der Waals surface area contributed by atoms with Crippen LogP contribution in [0, 0.1) is 13.8 Å². The lowest BCUT2D eigenvalue weighted by atomic mass is 10.1. The average Bonchev–Trinajstić information content (AvgIpc) is 2.80. The topological polar surface area (TPSA) is 69.7 Å². The third-order valence-electron chi connectivity index (χ3n) is 5.77. The highest BCUT2D eigenvalue weighted by molar-refractivity contribution is 7.92. The Morgan fingerprint density at radius 2 is 1.61 bits per heavy atom. The zero-order valence-electron chi connectivity index (χ0n) is 18.6. The van der Waals surface area contributed by atoms with Gasteiger partial charge in [-0.1, -0.05) is 41.4 Å². The largest absolute Gasteiger partial charge is 0.368 e. The van der Waals surface area contributed by atoms with Gasteiger partial charge in [-0.3, -0.25) is 9.52 Å². The first-order valence-corrected chi connectivity index (χ1v) is 12.6. The molecule has 1 N–H and O–H groups in total. The third kappa shape index (κ3) is 5.31. The van der Waals surface area contributed by atoms with Crippen molar-refractivity contribution in [1.82, 2.24) is 4.90 Å². The zero-order valence-corrected chi connectivity index (χ0v) is 20.2. The molecule has 3 aromatic carbocycles. The van der Waals surface area contributed by atoms with Gasteiger partial charge in [-0.25, -0.2) is 8.42 Å². The molecule has 1 saturated heterocycles. The van der Waals surface area contributed by atoms with E-state index in [-0.39, 0.29) is 10.8 Å². The molecule has 0 aliphatic carbocycles. The molecule has 0 bridgehead atoms. The van der Waals surface area contributed by atoms with Gasteiger partial charge in [-0.2, -0.15) is 0 Å². The molecule has 6 nitrogen and oxygen atoms in total. The molecule has 1 aliphatic rings. The summed E-state index contributed by atoms with van der Waals surface area (Å²) >= 11 is 6.10. The number of aryl methyl sites for hydroxylation is 2. The predicted molar refractivity (Wildman–Crippen MR) is 133 cm³/mol. The van der Waals surface area contributed by atoms with E-state index < -0.39 is 10.0 Å². The molecule has 1 amide bonds. The molecule has 1 fully saturated rings. The van der Waals surface area contributed by atoms with Crippen molar-refractivity contribution in [3.8, 4) is 0 Å². The van der Waals surface area contributed by atoms with E-state index in [9.17, 15) is 13.2 Å². The van der Waals surface area contributed by atoms with Crippen molar-refractivity contribution in [2.24, 2.45) is 0 Å². The second-order valence-corrected chi connectivity index (χ2v) is 10.3. The molecule has 4 rings (SSSR count). The van der Waals surface area contributed by atoms with Crippen LogP contribution in [0.4, 0.5) is 11.4 Å². The van der Waals surface area contributed by atoms with E-state index in [4.69, 9.17) is 11.6 Å². The van der Waals surface area contributed by atoms with Crippen LogP contribution in [0.15, 0.2) is 71.6 Å². The number of benzene rings is 3. The number of nitrogens with one attached hydrogen (secondary N) is 1. The Morgan fingerprint density at radius 1 is 0.909 bits per heavy atom. The maximum atomic E-state index is 13.2. The highest BCUT2D eigenvalue weighted by Crippen LogP contribution is 2.24. The van der Waals surface area contributed by atoms with E-state index in [0.29, 0.717) is 48.0 Å². The minimum absolute atomic E-state index is 0.103. The second kappa shape index (κ2) is 9.45. The van der Waals surface area contributed by atoms with Crippen molar-refractivity contribution < 1.29 is 13.2 Å². The van der Waals surface area contributed by atoms with Crippen molar-refractivity contribution in [2.45, 2.75) is 18.7 Å². The van der Waals surface area contributed by atoms with Crippen LogP contribution in [-0.2, 0) is 10.0 Å². The number of nitrogens with zero attached hydrogens (tertiary/aromatic N) is 2. The first kappa shape index (κ1) is 23.1. The summed E-state index contributed by atoms with van der Waals surface area (Å²) in [6.45, 7) is 6.11. The van der Waals surface area contributed by atoms with Gasteiger partial charge in [0.15, 0.2) is 0 Å². The number of carbonyl (C=O) groups is 1. The summed E-state index contributed by atoms with van der Waals surface area (Å²) in [6, 6.07) is 19.6. The summed E-state index contributed by atoms with van der Waals surface area (Å²) in [4.78, 5) is 17.2. The lowest BCUT2D eigenvalue weighted by molar-refractivity contribution is 0.0746. The van der Waals surface area contributed by atoms with Crippen LogP contribution in [0.1, 0.15) is 21.5 Å². The highest BCUT2D eigenvalue weighted by Gasteiger charge is 2.25. The van der Waals surface area contributed by atoms with Crippen molar-refractivity contribution in [3.63, 3.8) is 0 Å². The standard InChI is InChI=1S/C25H26ClN3O3S/c1-18-6-10-22(11-7-18)27-33(31,32)24-16-20(9-8-19(24)2)25(30)29-14-12-28(13-15-29)23-5-3-4-21(26)17-23/h3-11,16-17,27H,12-15H2,1-2H3. The molecule has 1 aliphatic heterocycles. The Hall–Kier alpha value is -3.03. The summed E-state index contributed by atoms with van der Waals surface area (Å²) in [6.07, 6.45) is 0. The summed E-state index contributed by atoms with van der Waals surface area (Å²) in [7, 11) is -3.83. The number of anilines is 2. The van der Waals surface area contributed by atoms with E-state index in [0.717, 1.165) is 11.3 Å². The molecule has 0 spiro atoms. The quantitative estimate of drug-likeness (QED) is 0.570. The van der Waals surface area contributed by atoms with E-state index in [1.807, 2.05) is 43.3 Å². The van der Waals surface area contributed by atoms with Gasteiger partial charge in [0.05, 0.1) is 4.90 Å². The Bertz CT molecular complexity index is 1270. The number of carbonyl (C=O) groups excluding carboxylic acids is 1. The van der Waals surface area contributed by atoms with E-state index in [1.165, 1.54) is 6.07 Å². The molecular weight excluding hydrogens is 458 g/mol. The van der Waals surface area contributed by atoms with Gasteiger partial charge >= 0.3 is 0 Å². The fourth-order valence-corrected chi connectivity index (χ4v) is 5.39. The summed E-state index contributed by atoms with van der Waals surface area (Å²) in [5, 5.41) is 0.679. The number of rotatable bonds is 5. The first-order valence-electron chi connectivity index (χ1n) is 10.7. The maximum absolute atomic E-state index is 13.2. The first-order chi connectivity index (χ1) is 15.7. The highest BCUT2D eigenvalue weighted by atomic mass is 35.5. The molecule has 33 heavy (non-hydrogen) atoms. The molecular formula is C25H26ClN3O3S. The zero-order chi connectivity index (χ0) is 23.6. The SMILES string of the molecule is Cc1ccc(NS(=O)(=O)c2cc(C(=O)N3CCN(c4cccc(Cl)c4)CC3)ccc2C)cc1. The van der Waals surface area contributed by atoms with Crippen LogP contribution in [0.2, 0.25) is 5.02 Å². The van der Waals surface area contributed by atoms with Crippen molar-refractivity contribution >= 4 is 38.9 Å². The van der Waals surface area contributed by atoms with Crippen LogP contribution >= 0.6 is 11.6 Å².